The van der Waals surface area contributed by atoms with E-state index in [1.807, 2.05) is 4.68 Å². The zero-order valence-electron chi connectivity index (χ0n) is 14.9. The molecule has 0 unspecified atom stereocenters. The zero-order chi connectivity index (χ0) is 18.8. The second kappa shape index (κ2) is 7.29. The summed E-state index contributed by atoms with van der Waals surface area (Å²) in [7, 11) is 1.80. The molecule has 0 spiro atoms. The Morgan fingerprint density at radius 1 is 1.22 bits per heavy atom. The Morgan fingerprint density at radius 2 is 2.04 bits per heavy atom. The van der Waals surface area contributed by atoms with Gasteiger partial charge in [0.25, 0.3) is 0 Å². The fraction of sp³-hybridized carbons (Fsp3) is 0.471. The van der Waals surface area contributed by atoms with Crippen molar-refractivity contribution in [2.75, 3.05) is 11.9 Å². The molecule has 0 amide bonds. The summed E-state index contributed by atoms with van der Waals surface area (Å²) in [6, 6.07) is 4.48. The van der Waals surface area contributed by atoms with Crippen LogP contribution in [0.1, 0.15) is 44.0 Å². The van der Waals surface area contributed by atoms with Crippen LogP contribution in [0.5, 0.6) is 5.75 Å². The molecule has 1 aliphatic carbocycles. The van der Waals surface area contributed by atoms with E-state index in [2.05, 4.69) is 25.7 Å². The molecule has 9 nitrogen and oxygen atoms in total. The topological polar surface area (TPSA) is 106 Å². The second-order valence-electron chi connectivity index (χ2n) is 6.74. The van der Waals surface area contributed by atoms with Gasteiger partial charge in [-0.1, -0.05) is 24.4 Å². The largest absolute Gasteiger partial charge is 0.505 e. The van der Waals surface area contributed by atoms with E-state index < -0.39 is 11.6 Å². The molecule has 1 saturated carbocycles. The minimum atomic E-state index is -0.704. The Balaban J connectivity index is 1.49. The predicted molar refractivity (Wildman–Crippen MR) is 93.4 cm³/mol. The van der Waals surface area contributed by atoms with Crippen molar-refractivity contribution in [3.05, 3.63) is 29.8 Å². The first kappa shape index (κ1) is 17.4. The maximum Gasteiger partial charge on any atom is 0.318 e. The number of phenolic OH excluding ortho intramolecular Hbond substituents is 1. The molecule has 0 radical (unpaired) electrons. The van der Waals surface area contributed by atoms with Crippen molar-refractivity contribution in [1.82, 2.24) is 30.4 Å². The lowest BCUT2D eigenvalue weighted by atomic mass is 9.95. The van der Waals surface area contributed by atoms with Gasteiger partial charge >= 0.3 is 6.01 Å². The monoisotopic (exact) mass is 373 g/mol. The molecule has 0 aliphatic heterocycles. The summed E-state index contributed by atoms with van der Waals surface area (Å²) >= 11 is 0. The normalized spacial score (nSPS) is 15.2. The van der Waals surface area contributed by atoms with Crippen LogP contribution in [-0.2, 0) is 6.54 Å². The van der Waals surface area contributed by atoms with E-state index in [0.29, 0.717) is 18.2 Å². The highest BCUT2D eigenvalue weighted by Gasteiger charge is 2.22. The van der Waals surface area contributed by atoms with Crippen molar-refractivity contribution in [2.24, 2.45) is 0 Å². The van der Waals surface area contributed by atoms with Crippen LogP contribution in [0.25, 0.3) is 11.5 Å². The van der Waals surface area contributed by atoms with Crippen molar-refractivity contribution in [2.45, 2.75) is 44.7 Å². The number of benzene rings is 1. The maximum absolute atomic E-state index is 13.2. The van der Waals surface area contributed by atoms with Crippen LogP contribution < -0.4 is 4.90 Å². The van der Waals surface area contributed by atoms with Crippen molar-refractivity contribution < 1.29 is 13.9 Å². The van der Waals surface area contributed by atoms with Gasteiger partial charge < -0.3 is 14.4 Å². The molecule has 0 saturated heterocycles. The van der Waals surface area contributed by atoms with Crippen LogP contribution in [0.15, 0.2) is 22.6 Å². The van der Waals surface area contributed by atoms with Gasteiger partial charge in [0.1, 0.15) is 0 Å². The smallest absolute Gasteiger partial charge is 0.318 e. The van der Waals surface area contributed by atoms with Crippen LogP contribution in [0.4, 0.5) is 10.4 Å². The molecule has 2 aromatic heterocycles. The number of hydrogen-bond acceptors (Lipinski definition) is 8. The quantitative estimate of drug-likeness (QED) is 0.728. The summed E-state index contributed by atoms with van der Waals surface area (Å²) in [5, 5.41) is 29.6. The highest BCUT2D eigenvalue weighted by Crippen LogP contribution is 2.29. The van der Waals surface area contributed by atoms with E-state index in [1.54, 1.807) is 11.9 Å². The van der Waals surface area contributed by atoms with Gasteiger partial charge in [-0.05, 0) is 41.5 Å². The third-order valence-corrected chi connectivity index (χ3v) is 4.79. The van der Waals surface area contributed by atoms with Gasteiger partial charge in [0, 0.05) is 12.6 Å². The average molecular weight is 373 g/mol. The third kappa shape index (κ3) is 3.60. The van der Waals surface area contributed by atoms with E-state index in [0.717, 1.165) is 24.7 Å². The molecule has 0 atom stereocenters. The standard InChI is InChI=1S/C17H20FN7O2/c1-24(10-15-19-22-23-25(15)12-5-3-2-4-6-12)17-21-20-16(27-17)11-7-8-13(18)14(26)9-11/h7-9,12,26H,2-6,10H2,1H3. The number of halogens is 1. The molecule has 1 aliphatic rings. The van der Waals surface area contributed by atoms with Crippen LogP contribution in [0, 0.1) is 5.82 Å². The minimum absolute atomic E-state index is 0.194. The molecular formula is C17H20FN7O2. The van der Waals surface area contributed by atoms with Crippen LogP contribution in [0.2, 0.25) is 0 Å². The number of aromatic nitrogens is 6. The number of hydrogen-bond donors (Lipinski definition) is 1. The molecule has 27 heavy (non-hydrogen) atoms. The van der Waals surface area contributed by atoms with E-state index in [9.17, 15) is 9.50 Å². The molecular weight excluding hydrogens is 353 g/mol. The zero-order valence-corrected chi connectivity index (χ0v) is 14.9. The second-order valence-corrected chi connectivity index (χ2v) is 6.74. The van der Waals surface area contributed by atoms with E-state index in [1.165, 1.54) is 31.4 Å². The lowest BCUT2D eigenvalue weighted by Crippen LogP contribution is -2.23. The van der Waals surface area contributed by atoms with E-state index in [-0.39, 0.29) is 11.9 Å². The van der Waals surface area contributed by atoms with Crippen LogP contribution in [-0.4, -0.2) is 42.6 Å². The Kier molecular flexibility index (Phi) is 4.69. The number of rotatable bonds is 5. The van der Waals surface area contributed by atoms with Gasteiger partial charge in [0.2, 0.25) is 5.89 Å². The number of nitrogens with zero attached hydrogens (tertiary/aromatic N) is 7. The Bertz CT molecular complexity index is 920. The van der Waals surface area contributed by atoms with E-state index >= 15 is 0 Å². The lowest BCUT2D eigenvalue weighted by Gasteiger charge is -2.23. The van der Waals surface area contributed by atoms with Gasteiger partial charge in [-0.25, -0.2) is 9.07 Å². The maximum atomic E-state index is 13.2. The summed E-state index contributed by atoms with van der Waals surface area (Å²) in [6.45, 7) is 0.416. The summed E-state index contributed by atoms with van der Waals surface area (Å²) in [5.74, 6) is -0.236. The Hall–Kier alpha value is -3.04. The molecule has 2 heterocycles. The minimum Gasteiger partial charge on any atom is -0.505 e. The lowest BCUT2D eigenvalue weighted by molar-refractivity contribution is 0.316. The number of phenols is 1. The van der Waals surface area contributed by atoms with E-state index in [4.69, 9.17) is 4.42 Å². The predicted octanol–water partition coefficient (Wildman–Crippen LogP) is 2.71. The van der Waals surface area contributed by atoms with Crippen LogP contribution >= 0.6 is 0 Å². The molecule has 1 aromatic carbocycles. The molecule has 3 aromatic rings. The Morgan fingerprint density at radius 3 is 2.81 bits per heavy atom. The highest BCUT2D eigenvalue weighted by atomic mass is 19.1. The molecule has 142 valence electrons. The number of tetrazole rings is 1. The molecule has 1 N–H and O–H groups in total. The van der Waals surface area contributed by atoms with Gasteiger partial charge in [-0.2, -0.15) is 0 Å². The first-order chi connectivity index (χ1) is 13.1. The fourth-order valence-corrected chi connectivity index (χ4v) is 3.34. The summed E-state index contributed by atoms with van der Waals surface area (Å²) in [5.41, 5.74) is 0.438. The molecule has 10 heteroatoms. The van der Waals surface area contributed by atoms with Gasteiger partial charge in [-0.15, -0.1) is 10.2 Å². The SMILES string of the molecule is CN(Cc1nnnn1C1CCCCC1)c1nnc(-c2ccc(F)c(O)c2)o1. The molecule has 0 bridgehead atoms. The summed E-state index contributed by atoms with van der Waals surface area (Å²) < 4.78 is 20.8. The number of aromatic hydroxyl groups is 1. The molecule has 1 fully saturated rings. The molecule has 4 rings (SSSR count). The van der Waals surface area contributed by atoms with Gasteiger partial charge in [0.05, 0.1) is 12.6 Å². The van der Waals surface area contributed by atoms with Crippen molar-refractivity contribution in [1.29, 1.82) is 0 Å². The van der Waals surface area contributed by atoms with Crippen molar-refractivity contribution in [3.8, 4) is 17.2 Å². The fourth-order valence-electron chi connectivity index (χ4n) is 3.34. The van der Waals surface area contributed by atoms with Crippen molar-refractivity contribution >= 4 is 6.01 Å². The first-order valence-electron chi connectivity index (χ1n) is 8.92. The Labute approximate surface area is 154 Å². The summed E-state index contributed by atoms with van der Waals surface area (Å²) in [6.07, 6.45) is 5.81. The van der Waals surface area contributed by atoms with Crippen molar-refractivity contribution in [3.63, 3.8) is 0 Å². The average Bonchev–Trinajstić information content (AvgIpc) is 3.34. The first-order valence-corrected chi connectivity index (χ1v) is 8.92. The van der Waals surface area contributed by atoms with Gasteiger partial charge in [-0.3, -0.25) is 0 Å². The van der Waals surface area contributed by atoms with Gasteiger partial charge in [0.15, 0.2) is 17.4 Å². The number of anilines is 1. The van der Waals surface area contributed by atoms with Crippen LogP contribution in [0.3, 0.4) is 0 Å². The summed E-state index contributed by atoms with van der Waals surface area (Å²) in [4.78, 5) is 1.75. The third-order valence-electron chi connectivity index (χ3n) is 4.79. The highest BCUT2D eigenvalue weighted by molar-refractivity contribution is 5.56.